The van der Waals surface area contributed by atoms with Gasteiger partial charge in [0, 0.05) is 18.3 Å². The molecule has 7 heteroatoms. The van der Waals surface area contributed by atoms with Gasteiger partial charge in [-0.25, -0.2) is 17.5 Å². The first-order chi connectivity index (χ1) is 9.92. The molecule has 0 atom stereocenters. The van der Waals surface area contributed by atoms with E-state index in [1.807, 2.05) is 0 Å². The third-order valence-electron chi connectivity index (χ3n) is 2.86. The van der Waals surface area contributed by atoms with Crippen LogP contribution in [0, 0.1) is 5.82 Å². The fourth-order valence-electron chi connectivity index (χ4n) is 1.76. The summed E-state index contributed by atoms with van der Waals surface area (Å²) >= 11 is 0. The van der Waals surface area contributed by atoms with Crippen LogP contribution in [-0.2, 0) is 16.6 Å². The number of anilines is 1. The summed E-state index contributed by atoms with van der Waals surface area (Å²) in [7, 11) is -2.38. The molecule has 0 radical (unpaired) electrons. The zero-order chi connectivity index (χ0) is 15.5. The van der Waals surface area contributed by atoms with E-state index in [-0.39, 0.29) is 23.0 Å². The molecule has 2 rings (SSSR count). The fourth-order valence-corrected chi connectivity index (χ4v) is 2.93. The first-order valence-electron chi connectivity index (χ1n) is 6.10. The fraction of sp³-hybridized carbons (Fsp3) is 0.143. The molecule has 0 aliphatic heterocycles. The van der Waals surface area contributed by atoms with Gasteiger partial charge in [0.05, 0.1) is 7.11 Å². The third kappa shape index (κ3) is 3.71. The summed E-state index contributed by atoms with van der Waals surface area (Å²) in [6.45, 7) is 0.0517. The number of nitrogens with two attached hydrogens (primary N) is 1. The Morgan fingerprint density at radius 3 is 2.48 bits per heavy atom. The van der Waals surface area contributed by atoms with Crippen molar-refractivity contribution in [1.29, 1.82) is 0 Å². The van der Waals surface area contributed by atoms with Crippen LogP contribution in [0.3, 0.4) is 0 Å². The summed E-state index contributed by atoms with van der Waals surface area (Å²) in [6.07, 6.45) is 0. The first kappa shape index (κ1) is 15.3. The minimum Gasteiger partial charge on any atom is -0.495 e. The topological polar surface area (TPSA) is 81.4 Å². The lowest BCUT2D eigenvalue weighted by atomic mass is 10.2. The number of methoxy groups -OCH3 is 1. The maximum absolute atomic E-state index is 12.8. The van der Waals surface area contributed by atoms with Crippen LogP contribution in [-0.4, -0.2) is 15.5 Å². The van der Waals surface area contributed by atoms with Crippen LogP contribution >= 0.6 is 0 Å². The molecule has 0 bridgehead atoms. The standard InChI is InChI=1S/C14H15FN2O3S/c1-20-13-8-12(16)6-7-14(13)21(18,19)17-9-10-2-4-11(15)5-3-10/h2-8,17H,9,16H2,1H3. The number of nitrogen functional groups attached to an aromatic ring is 1. The average Bonchev–Trinajstić information content (AvgIpc) is 2.46. The van der Waals surface area contributed by atoms with Crippen molar-refractivity contribution in [1.82, 2.24) is 4.72 Å². The average molecular weight is 310 g/mol. The molecule has 0 saturated carbocycles. The summed E-state index contributed by atoms with van der Waals surface area (Å²) < 4.78 is 44.8. The van der Waals surface area contributed by atoms with Crippen LogP contribution in [0.15, 0.2) is 47.4 Å². The lowest BCUT2D eigenvalue weighted by Gasteiger charge is -2.11. The van der Waals surface area contributed by atoms with Crippen molar-refractivity contribution in [2.24, 2.45) is 0 Å². The van der Waals surface area contributed by atoms with E-state index in [2.05, 4.69) is 4.72 Å². The summed E-state index contributed by atoms with van der Waals surface area (Å²) in [4.78, 5) is 0.00121. The Morgan fingerprint density at radius 1 is 1.19 bits per heavy atom. The Labute approximate surface area is 122 Å². The molecule has 2 aromatic carbocycles. The lowest BCUT2D eigenvalue weighted by molar-refractivity contribution is 0.402. The highest BCUT2D eigenvalue weighted by atomic mass is 32.2. The second-order valence-corrected chi connectivity index (χ2v) is 6.10. The Morgan fingerprint density at radius 2 is 1.86 bits per heavy atom. The number of hydrogen-bond acceptors (Lipinski definition) is 4. The lowest BCUT2D eigenvalue weighted by Crippen LogP contribution is -2.23. The van der Waals surface area contributed by atoms with Crippen LogP contribution in [0.25, 0.3) is 0 Å². The van der Waals surface area contributed by atoms with Crippen LogP contribution in [0.2, 0.25) is 0 Å². The maximum Gasteiger partial charge on any atom is 0.244 e. The molecular weight excluding hydrogens is 295 g/mol. The van der Waals surface area contributed by atoms with Crippen LogP contribution < -0.4 is 15.2 Å². The van der Waals surface area contributed by atoms with Gasteiger partial charge < -0.3 is 10.5 Å². The SMILES string of the molecule is COc1cc(N)ccc1S(=O)(=O)NCc1ccc(F)cc1. The molecule has 21 heavy (non-hydrogen) atoms. The van der Waals surface area contributed by atoms with E-state index < -0.39 is 10.0 Å². The molecule has 0 aliphatic carbocycles. The summed E-state index contributed by atoms with van der Waals surface area (Å²) in [6, 6.07) is 9.86. The minimum atomic E-state index is -3.75. The molecule has 0 fully saturated rings. The van der Waals surface area contributed by atoms with Gasteiger partial charge in [-0.1, -0.05) is 12.1 Å². The number of nitrogens with one attached hydrogen (secondary N) is 1. The summed E-state index contributed by atoms with van der Waals surface area (Å²) in [5.74, 6) is -0.205. The van der Waals surface area contributed by atoms with Crippen LogP contribution in [0.1, 0.15) is 5.56 Å². The normalized spacial score (nSPS) is 11.3. The van der Waals surface area contributed by atoms with Crippen molar-refractivity contribution in [2.45, 2.75) is 11.4 Å². The van der Waals surface area contributed by atoms with Crippen molar-refractivity contribution < 1.29 is 17.5 Å². The molecule has 0 unspecified atom stereocenters. The second-order valence-electron chi connectivity index (χ2n) is 4.36. The number of hydrogen-bond donors (Lipinski definition) is 2. The number of halogens is 1. The highest BCUT2D eigenvalue weighted by molar-refractivity contribution is 7.89. The van der Waals surface area contributed by atoms with Crippen LogP contribution in [0.5, 0.6) is 5.75 Å². The van der Waals surface area contributed by atoms with Crippen molar-refractivity contribution in [3.63, 3.8) is 0 Å². The van der Waals surface area contributed by atoms with E-state index >= 15 is 0 Å². The highest BCUT2D eigenvalue weighted by Gasteiger charge is 2.19. The van der Waals surface area contributed by atoms with Gasteiger partial charge in [0.1, 0.15) is 16.5 Å². The molecule has 0 saturated heterocycles. The molecule has 2 aromatic rings. The molecule has 0 aromatic heterocycles. The quantitative estimate of drug-likeness (QED) is 0.826. The van der Waals surface area contributed by atoms with Gasteiger partial charge in [0.2, 0.25) is 10.0 Å². The van der Waals surface area contributed by atoms with E-state index in [1.54, 1.807) is 0 Å². The Balaban J connectivity index is 2.20. The van der Waals surface area contributed by atoms with Crippen molar-refractivity contribution in [3.8, 4) is 5.75 Å². The van der Waals surface area contributed by atoms with Gasteiger partial charge in [-0.2, -0.15) is 0 Å². The van der Waals surface area contributed by atoms with E-state index in [4.69, 9.17) is 10.5 Å². The van der Waals surface area contributed by atoms with Crippen LogP contribution in [0.4, 0.5) is 10.1 Å². The van der Waals surface area contributed by atoms with Gasteiger partial charge in [0.25, 0.3) is 0 Å². The number of rotatable bonds is 5. The monoisotopic (exact) mass is 310 g/mol. The minimum absolute atomic E-state index is 0.00121. The van der Waals surface area contributed by atoms with E-state index in [1.165, 1.54) is 49.6 Å². The third-order valence-corrected chi connectivity index (χ3v) is 4.30. The largest absolute Gasteiger partial charge is 0.495 e. The van der Waals surface area contributed by atoms with Crippen molar-refractivity contribution in [2.75, 3.05) is 12.8 Å². The summed E-state index contributed by atoms with van der Waals surface area (Å²) in [5, 5.41) is 0. The molecular formula is C14H15FN2O3S. The van der Waals surface area contributed by atoms with Gasteiger partial charge >= 0.3 is 0 Å². The molecule has 0 amide bonds. The highest BCUT2D eigenvalue weighted by Crippen LogP contribution is 2.25. The van der Waals surface area contributed by atoms with E-state index in [9.17, 15) is 12.8 Å². The van der Waals surface area contributed by atoms with Crippen molar-refractivity contribution >= 4 is 15.7 Å². The zero-order valence-electron chi connectivity index (χ0n) is 11.3. The Hall–Kier alpha value is -2.12. The summed E-state index contributed by atoms with van der Waals surface area (Å²) in [5.41, 5.74) is 6.65. The smallest absolute Gasteiger partial charge is 0.244 e. The van der Waals surface area contributed by atoms with E-state index in [0.29, 0.717) is 11.3 Å². The molecule has 0 aliphatic rings. The predicted octanol–water partition coefficient (Wildman–Crippen LogP) is 1.90. The van der Waals surface area contributed by atoms with Crippen molar-refractivity contribution in [3.05, 3.63) is 53.8 Å². The predicted molar refractivity (Wildman–Crippen MR) is 77.8 cm³/mol. The van der Waals surface area contributed by atoms with Gasteiger partial charge in [-0.15, -0.1) is 0 Å². The second kappa shape index (κ2) is 6.11. The molecule has 5 nitrogen and oxygen atoms in total. The molecule has 3 N–H and O–H groups in total. The number of benzene rings is 2. The molecule has 112 valence electrons. The first-order valence-corrected chi connectivity index (χ1v) is 7.58. The number of sulfonamides is 1. The maximum atomic E-state index is 12.8. The molecule has 0 spiro atoms. The van der Waals surface area contributed by atoms with Gasteiger partial charge in [0.15, 0.2) is 0 Å². The zero-order valence-corrected chi connectivity index (χ0v) is 12.2. The van der Waals surface area contributed by atoms with Gasteiger partial charge in [-0.3, -0.25) is 0 Å². The number of ether oxygens (including phenoxy) is 1. The Kier molecular flexibility index (Phi) is 4.44. The molecule has 0 heterocycles. The Bertz CT molecular complexity index is 730. The van der Waals surface area contributed by atoms with E-state index in [0.717, 1.165) is 0 Å². The van der Waals surface area contributed by atoms with Gasteiger partial charge in [-0.05, 0) is 29.8 Å².